The van der Waals surface area contributed by atoms with Crippen molar-refractivity contribution in [2.45, 2.75) is 19.5 Å². The Bertz CT molecular complexity index is 686. The molecule has 0 saturated carbocycles. The van der Waals surface area contributed by atoms with Crippen molar-refractivity contribution in [2.24, 2.45) is 0 Å². The smallest absolute Gasteiger partial charge is 0.201 e. The van der Waals surface area contributed by atoms with Crippen LogP contribution in [0.4, 0.5) is 5.95 Å². The Kier molecular flexibility index (Phi) is 3.41. The van der Waals surface area contributed by atoms with Crippen LogP contribution in [-0.4, -0.2) is 19.3 Å². The van der Waals surface area contributed by atoms with Crippen LogP contribution >= 0.6 is 22.6 Å². The van der Waals surface area contributed by atoms with Gasteiger partial charge in [0.05, 0.1) is 11.0 Å². The van der Waals surface area contributed by atoms with E-state index >= 15 is 0 Å². The van der Waals surface area contributed by atoms with Crippen molar-refractivity contribution in [3.8, 4) is 0 Å². The van der Waals surface area contributed by atoms with Gasteiger partial charge in [-0.3, -0.25) is 4.68 Å². The number of aryl methyl sites for hydroxylation is 2. The van der Waals surface area contributed by atoms with Crippen LogP contribution < -0.4 is 5.73 Å². The van der Waals surface area contributed by atoms with Crippen molar-refractivity contribution in [1.29, 1.82) is 0 Å². The first-order valence-corrected chi connectivity index (χ1v) is 7.20. The van der Waals surface area contributed by atoms with Gasteiger partial charge in [0.1, 0.15) is 0 Å². The number of imidazole rings is 1. The fraction of sp³-hybridized carbons (Fsp3) is 0.231. The molecule has 0 saturated heterocycles. The zero-order valence-corrected chi connectivity index (χ0v) is 12.5. The van der Waals surface area contributed by atoms with Crippen molar-refractivity contribution in [3.63, 3.8) is 0 Å². The number of halogens is 1. The number of hydrogen-bond donors (Lipinski definition) is 1. The third kappa shape index (κ3) is 2.58. The van der Waals surface area contributed by atoms with Gasteiger partial charge in [0.15, 0.2) is 0 Å². The van der Waals surface area contributed by atoms with Gasteiger partial charge in [0, 0.05) is 29.1 Å². The standard InChI is InChI=1S/C13H14IN5/c14-10-3-4-12-11(9-10)17-13(15)19(12)8-2-7-18-6-1-5-16-18/h1,3-6,9H,2,7-8H2,(H2,15,17). The third-order valence-corrected chi connectivity index (χ3v) is 3.74. The van der Waals surface area contributed by atoms with E-state index in [1.165, 1.54) is 3.57 Å². The predicted octanol–water partition coefficient (Wildman–Crippen LogP) is 2.51. The highest BCUT2D eigenvalue weighted by atomic mass is 127. The number of rotatable bonds is 4. The second-order valence-electron chi connectivity index (χ2n) is 4.38. The highest BCUT2D eigenvalue weighted by Crippen LogP contribution is 2.20. The first kappa shape index (κ1) is 12.5. The summed E-state index contributed by atoms with van der Waals surface area (Å²) in [6.07, 6.45) is 4.74. The largest absolute Gasteiger partial charge is 0.369 e. The number of hydrogen-bond acceptors (Lipinski definition) is 3. The molecule has 3 rings (SSSR count). The highest BCUT2D eigenvalue weighted by Gasteiger charge is 2.07. The Morgan fingerprint density at radius 1 is 1.26 bits per heavy atom. The second kappa shape index (κ2) is 5.20. The zero-order valence-electron chi connectivity index (χ0n) is 10.3. The van der Waals surface area contributed by atoms with Crippen molar-refractivity contribution < 1.29 is 0 Å². The maximum atomic E-state index is 5.99. The molecule has 0 atom stereocenters. The summed E-state index contributed by atoms with van der Waals surface area (Å²) in [5, 5.41) is 4.19. The molecule has 0 aliphatic heterocycles. The number of fused-ring (bicyclic) bond motifs is 1. The molecule has 2 aromatic heterocycles. The number of aromatic nitrogens is 4. The van der Waals surface area contributed by atoms with E-state index in [-0.39, 0.29) is 0 Å². The third-order valence-electron chi connectivity index (χ3n) is 3.07. The summed E-state index contributed by atoms with van der Waals surface area (Å²) in [4.78, 5) is 4.40. The van der Waals surface area contributed by atoms with Gasteiger partial charge in [-0.2, -0.15) is 5.10 Å². The van der Waals surface area contributed by atoms with Gasteiger partial charge in [-0.15, -0.1) is 0 Å². The molecule has 0 bridgehead atoms. The molecule has 0 aliphatic rings. The molecule has 1 aromatic carbocycles. The molecule has 3 aromatic rings. The van der Waals surface area contributed by atoms with Crippen LogP contribution in [0.25, 0.3) is 11.0 Å². The van der Waals surface area contributed by atoms with Gasteiger partial charge < -0.3 is 10.3 Å². The minimum absolute atomic E-state index is 0.581. The van der Waals surface area contributed by atoms with Crippen LogP contribution in [0.3, 0.4) is 0 Å². The fourth-order valence-electron chi connectivity index (χ4n) is 2.18. The van der Waals surface area contributed by atoms with Gasteiger partial charge in [-0.25, -0.2) is 4.98 Å². The van der Waals surface area contributed by atoms with E-state index in [9.17, 15) is 0 Å². The average molecular weight is 367 g/mol. The lowest BCUT2D eigenvalue weighted by atomic mass is 10.3. The van der Waals surface area contributed by atoms with Gasteiger partial charge in [-0.05, 0) is 53.3 Å². The first-order chi connectivity index (χ1) is 9.24. The van der Waals surface area contributed by atoms with E-state index in [0.717, 1.165) is 30.5 Å². The SMILES string of the molecule is Nc1nc2cc(I)ccc2n1CCCn1cccn1. The molecule has 0 amide bonds. The number of anilines is 1. The molecular formula is C13H14IN5. The lowest BCUT2D eigenvalue weighted by molar-refractivity contribution is 0.535. The van der Waals surface area contributed by atoms with E-state index in [4.69, 9.17) is 5.73 Å². The fourth-order valence-corrected chi connectivity index (χ4v) is 2.65. The maximum Gasteiger partial charge on any atom is 0.201 e. The number of nitrogen functional groups attached to an aromatic ring is 1. The molecule has 6 heteroatoms. The molecule has 0 spiro atoms. The summed E-state index contributed by atoms with van der Waals surface area (Å²) >= 11 is 2.28. The van der Waals surface area contributed by atoms with E-state index in [2.05, 4.69) is 55.4 Å². The molecule has 2 heterocycles. The van der Waals surface area contributed by atoms with Crippen LogP contribution in [0, 0.1) is 3.57 Å². The summed E-state index contributed by atoms with van der Waals surface area (Å²) in [5.74, 6) is 0.581. The zero-order chi connectivity index (χ0) is 13.2. The maximum absolute atomic E-state index is 5.99. The van der Waals surface area contributed by atoms with Crippen molar-refractivity contribution in [3.05, 3.63) is 40.2 Å². The molecule has 5 nitrogen and oxygen atoms in total. The summed E-state index contributed by atoms with van der Waals surface area (Å²) in [5.41, 5.74) is 8.05. The summed E-state index contributed by atoms with van der Waals surface area (Å²) < 4.78 is 5.17. The Balaban J connectivity index is 1.78. The molecule has 2 N–H and O–H groups in total. The second-order valence-corrected chi connectivity index (χ2v) is 5.62. The Labute approximate surface area is 124 Å². The monoisotopic (exact) mass is 367 g/mol. The average Bonchev–Trinajstić information content (AvgIpc) is 2.98. The van der Waals surface area contributed by atoms with Crippen LogP contribution in [0.15, 0.2) is 36.7 Å². The minimum Gasteiger partial charge on any atom is -0.369 e. The predicted molar refractivity (Wildman–Crippen MR) is 83.7 cm³/mol. The molecule has 0 unspecified atom stereocenters. The molecule has 0 fully saturated rings. The van der Waals surface area contributed by atoms with Crippen LogP contribution in [0.5, 0.6) is 0 Å². The van der Waals surface area contributed by atoms with E-state index in [0.29, 0.717) is 5.95 Å². The highest BCUT2D eigenvalue weighted by molar-refractivity contribution is 14.1. The van der Waals surface area contributed by atoms with Crippen LogP contribution in [-0.2, 0) is 13.1 Å². The van der Waals surface area contributed by atoms with Gasteiger partial charge in [0.25, 0.3) is 0 Å². The molecule has 98 valence electrons. The topological polar surface area (TPSA) is 61.7 Å². The minimum atomic E-state index is 0.581. The Morgan fingerprint density at radius 2 is 2.16 bits per heavy atom. The van der Waals surface area contributed by atoms with E-state index in [1.54, 1.807) is 6.20 Å². The Hall–Kier alpha value is -1.57. The van der Waals surface area contributed by atoms with E-state index < -0.39 is 0 Å². The summed E-state index contributed by atoms with van der Waals surface area (Å²) in [6, 6.07) is 8.14. The van der Waals surface area contributed by atoms with Gasteiger partial charge >= 0.3 is 0 Å². The lowest BCUT2D eigenvalue weighted by Crippen LogP contribution is -2.07. The van der Waals surface area contributed by atoms with E-state index in [1.807, 2.05) is 16.9 Å². The van der Waals surface area contributed by atoms with Crippen molar-refractivity contribution >= 4 is 39.6 Å². The molecule has 19 heavy (non-hydrogen) atoms. The van der Waals surface area contributed by atoms with Crippen LogP contribution in [0.2, 0.25) is 0 Å². The van der Waals surface area contributed by atoms with Crippen LogP contribution in [0.1, 0.15) is 6.42 Å². The number of benzene rings is 1. The molecular weight excluding hydrogens is 353 g/mol. The van der Waals surface area contributed by atoms with Crippen molar-refractivity contribution in [2.75, 3.05) is 5.73 Å². The molecule has 0 radical (unpaired) electrons. The Morgan fingerprint density at radius 3 is 2.95 bits per heavy atom. The first-order valence-electron chi connectivity index (χ1n) is 6.13. The summed E-state index contributed by atoms with van der Waals surface area (Å²) in [7, 11) is 0. The van der Waals surface area contributed by atoms with Gasteiger partial charge in [0.2, 0.25) is 5.95 Å². The number of nitrogens with zero attached hydrogens (tertiary/aromatic N) is 4. The lowest BCUT2D eigenvalue weighted by Gasteiger charge is -2.06. The normalized spacial score (nSPS) is 11.2. The molecule has 0 aliphatic carbocycles. The van der Waals surface area contributed by atoms with Gasteiger partial charge in [-0.1, -0.05) is 0 Å². The van der Waals surface area contributed by atoms with Crippen molar-refractivity contribution in [1.82, 2.24) is 19.3 Å². The number of nitrogens with two attached hydrogens (primary N) is 1. The quantitative estimate of drug-likeness (QED) is 0.721. The summed E-state index contributed by atoms with van der Waals surface area (Å²) in [6.45, 7) is 1.74.